The Kier molecular flexibility index (Phi) is 6.51. The van der Waals surface area contributed by atoms with Crippen molar-refractivity contribution >= 4 is 23.8 Å². The molecule has 0 aromatic heterocycles. The van der Waals surface area contributed by atoms with E-state index in [9.17, 15) is 19.2 Å². The second-order valence-corrected chi connectivity index (χ2v) is 6.62. The monoisotopic (exact) mass is 375 g/mol. The van der Waals surface area contributed by atoms with Crippen LogP contribution in [0.3, 0.4) is 0 Å². The first kappa shape index (κ1) is 20.4. The number of imide groups is 1. The molecule has 9 nitrogen and oxygen atoms in total. The molecule has 0 unspecified atom stereocenters. The average molecular weight is 375 g/mol. The summed E-state index contributed by atoms with van der Waals surface area (Å²) in [5, 5.41) is 6.00. The fourth-order valence-corrected chi connectivity index (χ4v) is 2.73. The highest BCUT2D eigenvalue weighted by atomic mass is 16.2. The molecule has 9 heteroatoms. The van der Waals surface area contributed by atoms with E-state index in [2.05, 4.69) is 16.1 Å². The lowest BCUT2D eigenvalue weighted by Crippen LogP contribution is -2.51. The highest BCUT2D eigenvalue weighted by Gasteiger charge is 2.49. The lowest BCUT2D eigenvalue weighted by atomic mass is 9.92. The first-order valence-corrected chi connectivity index (χ1v) is 8.75. The summed E-state index contributed by atoms with van der Waals surface area (Å²) in [5.74, 6) is -1.34. The Morgan fingerprint density at radius 1 is 1.15 bits per heavy atom. The van der Waals surface area contributed by atoms with E-state index in [4.69, 9.17) is 0 Å². The van der Waals surface area contributed by atoms with Gasteiger partial charge < -0.3 is 10.6 Å². The van der Waals surface area contributed by atoms with Gasteiger partial charge in [0.25, 0.3) is 11.8 Å². The molecular formula is C18H25N5O4. The number of urea groups is 1. The zero-order valence-electron chi connectivity index (χ0n) is 15.7. The third-order valence-corrected chi connectivity index (χ3v) is 4.18. The average Bonchev–Trinajstić information content (AvgIpc) is 2.84. The van der Waals surface area contributed by atoms with Crippen molar-refractivity contribution in [1.82, 2.24) is 26.0 Å². The van der Waals surface area contributed by atoms with Crippen LogP contribution in [0, 0.1) is 0 Å². The molecule has 1 saturated heterocycles. The second-order valence-electron chi connectivity index (χ2n) is 6.62. The SMILES string of the molecule is CCCNC(=O)CN(C)CC(=O)NN1C(=O)N[C@@](C)(c2ccccc2)C1=O. The van der Waals surface area contributed by atoms with Crippen LogP contribution in [0.2, 0.25) is 0 Å². The van der Waals surface area contributed by atoms with Crippen LogP contribution in [0.5, 0.6) is 0 Å². The van der Waals surface area contributed by atoms with Crippen molar-refractivity contribution in [1.29, 1.82) is 0 Å². The Bertz CT molecular complexity index is 724. The van der Waals surface area contributed by atoms with E-state index in [1.807, 2.05) is 6.92 Å². The topological polar surface area (TPSA) is 111 Å². The number of nitrogens with zero attached hydrogens (tertiary/aromatic N) is 2. The predicted octanol–water partition coefficient (Wildman–Crippen LogP) is -0.0572. The highest BCUT2D eigenvalue weighted by molar-refractivity contribution is 6.08. The maximum absolute atomic E-state index is 12.7. The van der Waals surface area contributed by atoms with Gasteiger partial charge in [-0.15, -0.1) is 0 Å². The molecule has 0 saturated carbocycles. The fourth-order valence-electron chi connectivity index (χ4n) is 2.73. The number of benzene rings is 1. The van der Waals surface area contributed by atoms with Crippen LogP contribution in [0.4, 0.5) is 4.79 Å². The quantitative estimate of drug-likeness (QED) is 0.552. The smallest absolute Gasteiger partial charge is 0.344 e. The van der Waals surface area contributed by atoms with Gasteiger partial charge in [0.1, 0.15) is 5.54 Å². The molecule has 1 heterocycles. The molecule has 0 bridgehead atoms. The molecule has 5 amide bonds. The van der Waals surface area contributed by atoms with E-state index in [0.29, 0.717) is 17.1 Å². The molecule has 2 rings (SSSR count). The van der Waals surface area contributed by atoms with E-state index >= 15 is 0 Å². The van der Waals surface area contributed by atoms with Crippen molar-refractivity contribution < 1.29 is 19.2 Å². The van der Waals surface area contributed by atoms with Crippen LogP contribution in [-0.2, 0) is 19.9 Å². The Balaban J connectivity index is 1.95. The van der Waals surface area contributed by atoms with Crippen LogP contribution in [0.1, 0.15) is 25.8 Å². The summed E-state index contributed by atoms with van der Waals surface area (Å²) >= 11 is 0. The van der Waals surface area contributed by atoms with E-state index in [-0.39, 0.29) is 19.0 Å². The van der Waals surface area contributed by atoms with Gasteiger partial charge in [-0.05, 0) is 26.0 Å². The van der Waals surface area contributed by atoms with Crippen molar-refractivity contribution in [2.75, 3.05) is 26.7 Å². The van der Waals surface area contributed by atoms with Gasteiger partial charge in [0.05, 0.1) is 13.1 Å². The predicted molar refractivity (Wildman–Crippen MR) is 98.1 cm³/mol. The van der Waals surface area contributed by atoms with Crippen molar-refractivity contribution in [3.8, 4) is 0 Å². The molecule has 1 aliphatic heterocycles. The van der Waals surface area contributed by atoms with Crippen LogP contribution < -0.4 is 16.1 Å². The zero-order valence-corrected chi connectivity index (χ0v) is 15.7. The Hall–Kier alpha value is -2.94. The van der Waals surface area contributed by atoms with Gasteiger partial charge in [-0.3, -0.25) is 24.7 Å². The zero-order chi connectivity index (χ0) is 20.0. The molecule has 1 aromatic rings. The van der Waals surface area contributed by atoms with Crippen molar-refractivity contribution in [3.63, 3.8) is 0 Å². The minimum Gasteiger partial charge on any atom is -0.355 e. The van der Waals surface area contributed by atoms with Gasteiger partial charge in [-0.25, -0.2) is 4.79 Å². The third kappa shape index (κ3) is 4.82. The van der Waals surface area contributed by atoms with Gasteiger partial charge in [-0.2, -0.15) is 5.01 Å². The molecule has 0 spiro atoms. The summed E-state index contributed by atoms with van der Waals surface area (Å²) < 4.78 is 0. The van der Waals surface area contributed by atoms with Crippen molar-refractivity contribution in [2.45, 2.75) is 25.8 Å². The van der Waals surface area contributed by atoms with E-state index in [0.717, 1.165) is 6.42 Å². The van der Waals surface area contributed by atoms with Gasteiger partial charge >= 0.3 is 6.03 Å². The van der Waals surface area contributed by atoms with Crippen LogP contribution in [0.15, 0.2) is 30.3 Å². The third-order valence-electron chi connectivity index (χ3n) is 4.18. The van der Waals surface area contributed by atoms with Gasteiger partial charge in [-0.1, -0.05) is 37.3 Å². The Labute approximate surface area is 158 Å². The minimum absolute atomic E-state index is 0.0370. The molecule has 3 N–H and O–H groups in total. The lowest BCUT2D eigenvalue weighted by molar-refractivity contribution is -0.139. The number of hydrogen-bond donors (Lipinski definition) is 3. The molecular weight excluding hydrogens is 350 g/mol. The molecule has 1 aliphatic rings. The van der Waals surface area contributed by atoms with Crippen LogP contribution >= 0.6 is 0 Å². The van der Waals surface area contributed by atoms with Gasteiger partial charge in [0, 0.05) is 6.54 Å². The number of rotatable bonds is 8. The normalized spacial score (nSPS) is 19.2. The van der Waals surface area contributed by atoms with E-state index in [1.165, 1.54) is 4.90 Å². The van der Waals surface area contributed by atoms with Gasteiger partial charge in [0.15, 0.2) is 0 Å². The number of likely N-dealkylation sites (N-methyl/N-ethyl adjacent to an activating group) is 1. The molecule has 0 aliphatic carbocycles. The Morgan fingerprint density at radius 2 is 1.78 bits per heavy atom. The molecule has 1 fully saturated rings. The lowest BCUT2D eigenvalue weighted by Gasteiger charge is -2.22. The fraction of sp³-hybridized carbons (Fsp3) is 0.444. The van der Waals surface area contributed by atoms with E-state index in [1.54, 1.807) is 44.3 Å². The number of hydrogen-bond acceptors (Lipinski definition) is 5. The van der Waals surface area contributed by atoms with Crippen LogP contribution in [0.25, 0.3) is 0 Å². The summed E-state index contributed by atoms with van der Waals surface area (Å²) in [6.45, 7) is 3.99. The molecule has 1 atom stereocenters. The van der Waals surface area contributed by atoms with Crippen molar-refractivity contribution in [3.05, 3.63) is 35.9 Å². The number of carbonyl (C=O) groups is 4. The second kappa shape index (κ2) is 8.63. The summed E-state index contributed by atoms with van der Waals surface area (Å²) in [6, 6.07) is 8.08. The summed E-state index contributed by atoms with van der Waals surface area (Å²) in [7, 11) is 1.60. The standard InChI is InChI=1S/C18H25N5O4/c1-4-10-19-14(24)11-22(3)12-15(25)21-23-16(26)18(2,20-17(23)27)13-8-6-5-7-9-13/h5-9H,4,10-12H2,1-3H3,(H,19,24)(H,20,27)(H,21,25)/t18-/m0/s1. The largest absolute Gasteiger partial charge is 0.355 e. The first-order valence-electron chi connectivity index (χ1n) is 8.75. The molecule has 0 radical (unpaired) electrons. The summed E-state index contributed by atoms with van der Waals surface area (Å²) in [6.07, 6.45) is 0.822. The number of nitrogens with one attached hydrogen (secondary N) is 3. The molecule has 146 valence electrons. The maximum atomic E-state index is 12.7. The molecule has 27 heavy (non-hydrogen) atoms. The highest BCUT2D eigenvalue weighted by Crippen LogP contribution is 2.27. The number of carbonyl (C=O) groups excluding carboxylic acids is 4. The minimum atomic E-state index is -1.25. The van der Waals surface area contributed by atoms with E-state index < -0.39 is 23.4 Å². The maximum Gasteiger partial charge on any atom is 0.344 e. The summed E-state index contributed by atoms with van der Waals surface area (Å²) in [4.78, 5) is 50.2. The van der Waals surface area contributed by atoms with Gasteiger partial charge in [0.2, 0.25) is 5.91 Å². The van der Waals surface area contributed by atoms with Crippen molar-refractivity contribution in [2.24, 2.45) is 0 Å². The van der Waals surface area contributed by atoms with Crippen LogP contribution in [-0.4, -0.2) is 60.3 Å². The Morgan fingerprint density at radius 3 is 2.41 bits per heavy atom. The molecule has 1 aromatic carbocycles. The first-order chi connectivity index (χ1) is 12.8. The number of amides is 5. The number of hydrazine groups is 1. The summed E-state index contributed by atoms with van der Waals surface area (Å²) in [5.41, 5.74) is 1.67.